The first-order chi connectivity index (χ1) is 8.65. The van der Waals surface area contributed by atoms with Crippen molar-refractivity contribution in [1.82, 2.24) is 14.3 Å². The SMILES string of the molecule is Cc1cc2nc3c(n2cc1Br)C1CCC(C3)N1C. The van der Waals surface area contributed by atoms with Crippen LogP contribution in [0.3, 0.4) is 0 Å². The van der Waals surface area contributed by atoms with Gasteiger partial charge in [0.2, 0.25) is 0 Å². The Kier molecular flexibility index (Phi) is 2.19. The van der Waals surface area contributed by atoms with Gasteiger partial charge in [-0.05, 0) is 54.4 Å². The lowest BCUT2D eigenvalue weighted by Crippen LogP contribution is -2.34. The minimum absolute atomic E-state index is 0.559. The van der Waals surface area contributed by atoms with Crippen LogP contribution in [0.15, 0.2) is 16.7 Å². The third-order valence-electron chi connectivity index (χ3n) is 4.60. The maximum absolute atomic E-state index is 4.85. The summed E-state index contributed by atoms with van der Waals surface area (Å²) in [5.41, 5.74) is 5.09. The summed E-state index contributed by atoms with van der Waals surface area (Å²) in [5, 5.41) is 0. The predicted molar refractivity (Wildman–Crippen MR) is 74.9 cm³/mol. The van der Waals surface area contributed by atoms with Crippen LogP contribution in [0.25, 0.3) is 5.65 Å². The predicted octanol–water partition coefficient (Wildman–Crippen LogP) is 3.10. The van der Waals surface area contributed by atoms with Gasteiger partial charge in [0, 0.05) is 23.1 Å². The molecule has 2 bridgehead atoms. The van der Waals surface area contributed by atoms with E-state index in [4.69, 9.17) is 4.98 Å². The zero-order valence-corrected chi connectivity index (χ0v) is 12.2. The first-order valence-corrected chi connectivity index (χ1v) is 7.33. The molecule has 3 nitrogen and oxygen atoms in total. The van der Waals surface area contributed by atoms with Gasteiger partial charge in [0.25, 0.3) is 0 Å². The summed E-state index contributed by atoms with van der Waals surface area (Å²) in [7, 11) is 2.26. The summed E-state index contributed by atoms with van der Waals surface area (Å²) in [6, 6.07) is 3.44. The van der Waals surface area contributed by atoms with Crippen molar-refractivity contribution in [2.24, 2.45) is 0 Å². The minimum Gasteiger partial charge on any atom is -0.301 e. The molecule has 2 unspecified atom stereocenters. The van der Waals surface area contributed by atoms with Crippen LogP contribution in [0.4, 0.5) is 0 Å². The number of aryl methyl sites for hydroxylation is 1. The third-order valence-corrected chi connectivity index (χ3v) is 5.43. The monoisotopic (exact) mass is 305 g/mol. The molecule has 0 spiro atoms. The van der Waals surface area contributed by atoms with Crippen molar-refractivity contribution in [1.29, 1.82) is 0 Å². The van der Waals surface area contributed by atoms with E-state index in [0.717, 1.165) is 16.5 Å². The van der Waals surface area contributed by atoms with E-state index >= 15 is 0 Å². The summed E-state index contributed by atoms with van der Waals surface area (Å²) in [4.78, 5) is 7.38. The Labute approximate surface area is 115 Å². The fourth-order valence-corrected chi connectivity index (χ4v) is 3.86. The zero-order chi connectivity index (χ0) is 12.4. The van der Waals surface area contributed by atoms with Crippen molar-refractivity contribution in [2.75, 3.05) is 7.05 Å². The van der Waals surface area contributed by atoms with E-state index < -0.39 is 0 Å². The fraction of sp³-hybridized carbons (Fsp3) is 0.500. The Hall–Kier alpha value is -0.870. The molecule has 0 radical (unpaired) electrons. The Bertz CT molecular complexity index is 646. The second-order valence-corrected chi connectivity index (χ2v) is 6.45. The summed E-state index contributed by atoms with van der Waals surface area (Å²) in [5.74, 6) is 0. The third kappa shape index (κ3) is 1.30. The number of halogens is 1. The van der Waals surface area contributed by atoms with Gasteiger partial charge in [0.15, 0.2) is 0 Å². The van der Waals surface area contributed by atoms with Gasteiger partial charge in [-0.25, -0.2) is 4.98 Å². The Morgan fingerprint density at radius 1 is 1.39 bits per heavy atom. The first-order valence-electron chi connectivity index (χ1n) is 6.54. The molecule has 2 aliphatic rings. The van der Waals surface area contributed by atoms with Gasteiger partial charge in [0.1, 0.15) is 5.65 Å². The molecule has 0 saturated carbocycles. The summed E-state index contributed by atoms with van der Waals surface area (Å²) < 4.78 is 3.45. The molecular formula is C14H16BrN3. The fourth-order valence-electron chi connectivity index (χ4n) is 3.54. The van der Waals surface area contributed by atoms with Crippen molar-refractivity contribution in [2.45, 2.75) is 38.3 Å². The number of hydrogen-bond donors (Lipinski definition) is 0. The van der Waals surface area contributed by atoms with E-state index in [2.05, 4.69) is 51.5 Å². The van der Waals surface area contributed by atoms with Crippen molar-refractivity contribution >= 4 is 21.6 Å². The molecule has 94 valence electrons. The van der Waals surface area contributed by atoms with Crippen LogP contribution in [0.2, 0.25) is 0 Å². The quantitative estimate of drug-likeness (QED) is 0.745. The number of aromatic nitrogens is 2. The number of hydrogen-bond acceptors (Lipinski definition) is 2. The van der Waals surface area contributed by atoms with Gasteiger partial charge in [-0.15, -0.1) is 0 Å². The summed E-state index contributed by atoms with van der Waals surface area (Å²) in [6.45, 7) is 2.12. The van der Waals surface area contributed by atoms with Crippen molar-refractivity contribution in [3.05, 3.63) is 33.7 Å². The Morgan fingerprint density at radius 3 is 3.06 bits per heavy atom. The maximum Gasteiger partial charge on any atom is 0.137 e. The van der Waals surface area contributed by atoms with Crippen LogP contribution in [0.5, 0.6) is 0 Å². The van der Waals surface area contributed by atoms with Gasteiger partial charge in [0.05, 0.1) is 17.4 Å². The van der Waals surface area contributed by atoms with Crippen molar-refractivity contribution in [3.8, 4) is 0 Å². The van der Waals surface area contributed by atoms with E-state index in [1.807, 2.05) is 0 Å². The average Bonchev–Trinajstić information content (AvgIpc) is 2.77. The molecule has 4 heterocycles. The van der Waals surface area contributed by atoms with E-state index in [0.29, 0.717) is 12.1 Å². The van der Waals surface area contributed by atoms with Gasteiger partial charge in [-0.1, -0.05) is 0 Å². The number of likely N-dealkylation sites (N-methyl/N-ethyl adjacent to an activating group) is 1. The van der Waals surface area contributed by atoms with Crippen LogP contribution in [-0.4, -0.2) is 27.4 Å². The van der Waals surface area contributed by atoms with Crippen LogP contribution < -0.4 is 0 Å². The average molecular weight is 306 g/mol. The lowest BCUT2D eigenvalue weighted by atomic mass is 10.0. The maximum atomic E-state index is 4.85. The van der Waals surface area contributed by atoms with Crippen LogP contribution >= 0.6 is 15.9 Å². The van der Waals surface area contributed by atoms with Crippen LogP contribution in [-0.2, 0) is 6.42 Å². The number of imidazole rings is 1. The highest BCUT2D eigenvalue weighted by Crippen LogP contribution is 2.42. The van der Waals surface area contributed by atoms with Crippen LogP contribution in [0.1, 0.15) is 35.8 Å². The van der Waals surface area contributed by atoms with E-state index in [-0.39, 0.29) is 0 Å². The molecule has 2 aromatic heterocycles. The summed E-state index contributed by atoms with van der Waals surface area (Å²) >= 11 is 3.63. The smallest absolute Gasteiger partial charge is 0.137 e. The van der Waals surface area contributed by atoms with Crippen LogP contribution in [0, 0.1) is 6.92 Å². The molecule has 1 fully saturated rings. The molecular weight excluding hydrogens is 290 g/mol. The van der Waals surface area contributed by atoms with E-state index in [9.17, 15) is 0 Å². The molecule has 4 heteroatoms. The minimum atomic E-state index is 0.559. The molecule has 2 aromatic rings. The first kappa shape index (κ1) is 11.0. The lowest BCUT2D eigenvalue weighted by Gasteiger charge is -2.30. The molecule has 0 N–H and O–H groups in total. The number of nitrogens with zero attached hydrogens (tertiary/aromatic N) is 3. The highest BCUT2D eigenvalue weighted by atomic mass is 79.9. The molecule has 18 heavy (non-hydrogen) atoms. The molecule has 2 atom stereocenters. The number of rotatable bonds is 0. The Morgan fingerprint density at radius 2 is 2.22 bits per heavy atom. The normalized spacial score (nSPS) is 26.8. The van der Waals surface area contributed by atoms with Crippen molar-refractivity contribution in [3.63, 3.8) is 0 Å². The molecule has 4 rings (SSSR count). The van der Waals surface area contributed by atoms with Crippen molar-refractivity contribution < 1.29 is 0 Å². The molecule has 2 aliphatic heterocycles. The second kappa shape index (κ2) is 3.58. The van der Waals surface area contributed by atoms with Gasteiger partial charge >= 0.3 is 0 Å². The van der Waals surface area contributed by atoms with E-state index in [1.54, 1.807) is 0 Å². The molecule has 0 amide bonds. The number of fused-ring (bicyclic) bond motifs is 6. The molecule has 0 aliphatic carbocycles. The van der Waals surface area contributed by atoms with Gasteiger partial charge in [-0.3, -0.25) is 4.90 Å². The topological polar surface area (TPSA) is 20.5 Å². The number of pyridine rings is 1. The molecule has 1 saturated heterocycles. The largest absolute Gasteiger partial charge is 0.301 e. The lowest BCUT2D eigenvalue weighted by molar-refractivity contribution is 0.218. The highest BCUT2D eigenvalue weighted by molar-refractivity contribution is 9.10. The van der Waals surface area contributed by atoms with Gasteiger partial charge < -0.3 is 4.40 Å². The standard InChI is InChI=1S/C14H16BrN3/c1-8-5-13-16-11-6-9-3-4-12(17(9)2)14(11)18(13)7-10(8)15/h5,7,9,12H,3-4,6H2,1-2H3. The van der Waals surface area contributed by atoms with E-state index in [1.165, 1.54) is 29.8 Å². The Balaban J connectivity index is 2.01. The summed E-state index contributed by atoms with van der Waals surface area (Å²) in [6.07, 6.45) is 5.88. The second-order valence-electron chi connectivity index (χ2n) is 5.59. The molecule has 0 aromatic carbocycles. The zero-order valence-electron chi connectivity index (χ0n) is 10.7. The van der Waals surface area contributed by atoms with Gasteiger partial charge in [-0.2, -0.15) is 0 Å². The highest BCUT2D eigenvalue weighted by Gasteiger charge is 2.40.